The molecule has 3 nitrogen and oxygen atoms in total. The van der Waals surface area contributed by atoms with Gasteiger partial charge in [0.2, 0.25) is 5.91 Å². The standard InChI is InChI=1S/C13H13NO2/c15-12(9-4-2-1-3-5-9)14-11-7-6-10(8-11)13(14)16/h1-5,10-11H,6-8H2. The quantitative estimate of drug-likeness (QED) is 0.670. The van der Waals surface area contributed by atoms with E-state index in [9.17, 15) is 9.59 Å². The van der Waals surface area contributed by atoms with Crippen LogP contribution in [0.3, 0.4) is 0 Å². The van der Waals surface area contributed by atoms with Crippen LogP contribution in [0.25, 0.3) is 0 Å². The molecule has 1 saturated carbocycles. The van der Waals surface area contributed by atoms with Gasteiger partial charge in [-0.3, -0.25) is 14.5 Å². The lowest BCUT2D eigenvalue weighted by Crippen LogP contribution is -2.41. The number of piperidine rings is 1. The van der Waals surface area contributed by atoms with Crippen molar-refractivity contribution in [2.45, 2.75) is 25.3 Å². The lowest BCUT2D eigenvalue weighted by molar-refractivity contribution is -0.131. The van der Waals surface area contributed by atoms with Crippen LogP contribution in [0.15, 0.2) is 30.3 Å². The highest BCUT2D eigenvalue weighted by atomic mass is 16.2. The van der Waals surface area contributed by atoms with E-state index in [4.69, 9.17) is 0 Å². The molecule has 1 aliphatic heterocycles. The molecule has 1 saturated heterocycles. The first-order valence-corrected chi connectivity index (χ1v) is 5.70. The van der Waals surface area contributed by atoms with Crippen LogP contribution in [-0.4, -0.2) is 22.8 Å². The van der Waals surface area contributed by atoms with Crippen LogP contribution in [0.4, 0.5) is 0 Å². The number of rotatable bonds is 1. The Hall–Kier alpha value is -1.64. The summed E-state index contributed by atoms with van der Waals surface area (Å²) in [5.41, 5.74) is 0.614. The second-order valence-corrected chi connectivity index (χ2v) is 4.54. The molecule has 16 heavy (non-hydrogen) atoms. The van der Waals surface area contributed by atoms with Gasteiger partial charge in [0.25, 0.3) is 5.91 Å². The normalized spacial score (nSPS) is 27.5. The minimum absolute atomic E-state index is 0.0325. The van der Waals surface area contributed by atoms with Gasteiger partial charge in [0.1, 0.15) is 0 Å². The van der Waals surface area contributed by atoms with Gasteiger partial charge in [-0.2, -0.15) is 0 Å². The van der Waals surface area contributed by atoms with Gasteiger partial charge in [0.15, 0.2) is 0 Å². The topological polar surface area (TPSA) is 37.4 Å². The Morgan fingerprint density at radius 1 is 1.19 bits per heavy atom. The maximum Gasteiger partial charge on any atom is 0.260 e. The largest absolute Gasteiger partial charge is 0.275 e. The number of fused-ring (bicyclic) bond motifs is 2. The zero-order chi connectivity index (χ0) is 11.1. The van der Waals surface area contributed by atoms with Crippen LogP contribution in [-0.2, 0) is 4.79 Å². The van der Waals surface area contributed by atoms with Gasteiger partial charge in [-0.15, -0.1) is 0 Å². The van der Waals surface area contributed by atoms with Gasteiger partial charge < -0.3 is 0 Å². The Labute approximate surface area is 94.1 Å². The highest BCUT2D eigenvalue weighted by Gasteiger charge is 2.47. The van der Waals surface area contributed by atoms with Gasteiger partial charge in [-0.25, -0.2) is 0 Å². The summed E-state index contributed by atoms with van der Waals surface area (Å²) in [6.45, 7) is 0. The average Bonchev–Trinajstić information content (AvgIpc) is 2.90. The number of likely N-dealkylation sites (tertiary alicyclic amines) is 1. The van der Waals surface area contributed by atoms with Crippen molar-refractivity contribution in [1.29, 1.82) is 0 Å². The first-order chi connectivity index (χ1) is 7.77. The fourth-order valence-corrected chi connectivity index (χ4v) is 2.78. The summed E-state index contributed by atoms with van der Waals surface area (Å²) >= 11 is 0. The number of imide groups is 1. The van der Waals surface area contributed by atoms with Crippen molar-refractivity contribution in [3.63, 3.8) is 0 Å². The molecule has 82 valence electrons. The number of hydrogen-bond donors (Lipinski definition) is 0. The Morgan fingerprint density at radius 3 is 2.56 bits per heavy atom. The van der Waals surface area contributed by atoms with Crippen LogP contribution in [0, 0.1) is 5.92 Å². The molecule has 2 aliphatic rings. The van der Waals surface area contributed by atoms with E-state index in [0.717, 1.165) is 19.3 Å². The number of amides is 2. The number of carbonyl (C=O) groups is 2. The molecule has 1 heterocycles. The molecule has 3 heteroatoms. The lowest BCUT2D eigenvalue weighted by Gasteiger charge is -2.25. The average molecular weight is 215 g/mol. The minimum atomic E-state index is -0.127. The molecule has 1 aromatic rings. The number of carbonyl (C=O) groups excluding carboxylic acids is 2. The summed E-state index contributed by atoms with van der Waals surface area (Å²) in [7, 11) is 0. The van der Waals surface area contributed by atoms with Crippen LogP contribution in [0.1, 0.15) is 29.6 Å². The maximum absolute atomic E-state index is 12.2. The van der Waals surface area contributed by atoms with E-state index in [0.29, 0.717) is 5.56 Å². The fourth-order valence-electron chi connectivity index (χ4n) is 2.78. The summed E-state index contributed by atoms with van der Waals surface area (Å²) in [5.74, 6) is 0.0144. The van der Waals surface area contributed by atoms with Crippen molar-refractivity contribution in [2.24, 2.45) is 5.92 Å². The third-order valence-electron chi connectivity index (χ3n) is 3.60. The second-order valence-electron chi connectivity index (χ2n) is 4.54. The van der Waals surface area contributed by atoms with Crippen molar-refractivity contribution in [3.8, 4) is 0 Å². The summed E-state index contributed by atoms with van der Waals surface area (Å²) < 4.78 is 0. The Balaban J connectivity index is 1.89. The van der Waals surface area contributed by atoms with Gasteiger partial charge >= 0.3 is 0 Å². The SMILES string of the molecule is O=C(c1ccccc1)N1C(=O)C2CCC1C2. The van der Waals surface area contributed by atoms with Crippen LogP contribution >= 0.6 is 0 Å². The van der Waals surface area contributed by atoms with Crippen molar-refractivity contribution in [3.05, 3.63) is 35.9 Å². The van der Waals surface area contributed by atoms with E-state index >= 15 is 0 Å². The van der Waals surface area contributed by atoms with Crippen molar-refractivity contribution < 1.29 is 9.59 Å². The first kappa shape index (κ1) is 9.58. The molecule has 2 atom stereocenters. The van der Waals surface area contributed by atoms with E-state index < -0.39 is 0 Å². The fraction of sp³-hybridized carbons (Fsp3) is 0.385. The van der Waals surface area contributed by atoms with Crippen molar-refractivity contribution in [1.82, 2.24) is 4.90 Å². The van der Waals surface area contributed by atoms with Crippen LogP contribution in [0.2, 0.25) is 0 Å². The smallest absolute Gasteiger partial charge is 0.260 e. The molecule has 0 aromatic heterocycles. The molecular formula is C13H13NO2. The zero-order valence-corrected chi connectivity index (χ0v) is 8.93. The molecule has 0 radical (unpaired) electrons. The number of benzene rings is 1. The van der Waals surface area contributed by atoms with Crippen molar-refractivity contribution in [2.75, 3.05) is 0 Å². The Morgan fingerprint density at radius 2 is 1.94 bits per heavy atom. The molecule has 0 spiro atoms. The van der Waals surface area contributed by atoms with E-state index in [1.165, 1.54) is 4.90 Å². The Kier molecular flexibility index (Phi) is 2.06. The third kappa shape index (κ3) is 1.28. The number of hydrogen-bond acceptors (Lipinski definition) is 2. The van der Waals surface area contributed by atoms with Gasteiger partial charge in [-0.05, 0) is 31.4 Å². The molecule has 2 amide bonds. The molecule has 2 fully saturated rings. The molecule has 1 aliphatic carbocycles. The molecule has 1 aromatic carbocycles. The first-order valence-electron chi connectivity index (χ1n) is 5.70. The molecule has 0 N–H and O–H groups in total. The summed E-state index contributed by atoms with van der Waals surface area (Å²) in [6.07, 6.45) is 2.81. The van der Waals surface area contributed by atoms with E-state index in [1.54, 1.807) is 12.1 Å². The second kappa shape index (κ2) is 3.44. The number of nitrogens with zero attached hydrogens (tertiary/aromatic N) is 1. The summed E-state index contributed by atoms with van der Waals surface area (Å²) in [5, 5.41) is 0. The van der Waals surface area contributed by atoms with Gasteiger partial charge in [0, 0.05) is 17.5 Å². The molecule has 2 unspecified atom stereocenters. The highest BCUT2D eigenvalue weighted by Crippen LogP contribution is 2.39. The Bertz CT molecular complexity index is 441. The third-order valence-corrected chi connectivity index (χ3v) is 3.60. The van der Waals surface area contributed by atoms with E-state index in [1.807, 2.05) is 18.2 Å². The molecule has 2 bridgehead atoms. The van der Waals surface area contributed by atoms with E-state index in [2.05, 4.69) is 0 Å². The molecular weight excluding hydrogens is 202 g/mol. The van der Waals surface area contributed by atoms with Crippen molar-refractivity contribution >= 4 is 11.8 Å². The predicted octanol–water partition coefficient (Wildman–Crippen LogP) is 1.84. The maximum atomic E-state index is 12.2. The minimum Gasteiger partial charge on any atom is -0.275 e. The zero-order valence-electron chi connectivity index (χ0n) is 8.93. The van der Waals surface area contributed by atoms with E-state index in [-0.39, 0.29) is 23.8 Å². The monoisotopic (exact) mass is 215 g/mol. The highest BCUT2D eigenvalue weighted by molar-refractivity contribution is 6.07. The van der Waals surface area contributed by atoms with Crippen LogP contribution < -0.4 is 0 Å². The van der Waals surface area contributed by atoms with Crippen LogP contribution in [0.5, 0.6) is 0 Å². The lowest BCUT2D eigenvalue weighted by atomic mass is 10.1. The molecule has 3 rings (SSSR count). The predicted molar refractivity (Wildman–Crippen MR) is 58.7 cm³/mol. The summed E-state index contributed by atoms with van der Waals surface area (Å²) in [4.78, 5) is 25.5. The van der Waals surface area contributed by atoms with Gasteiger partial charge in [-0.1, -0.05) is 18.2 Å². The summed E-state index contributed by atoms with van der Waals surface area (Å²) in [6, 6.07) is 9.21. The van der Waals surface area contributed by atoms with Gasteiger partial charge in [0.05, 0.1) is 0 Å².